The maximum atomic E-state index is 12.4. The van der Waals surface area contributed by atoms with E-state index in [2.05, 4.69) is 45.0 Å². The fourth-order valence-corrected chi connectivity index (χ4v) is 4.08. The minimum atomic E-state index is -0.936. The van der Waals surface area contributed by atoms with E-state index in [0.717, 1.165) is 0 Å². The molecule has 11 nitrogen and oxygen atoms in total. The van der Waals surface area contributed by atoms with Crippen LogP contribution in [-0.2, 0) is 19.1 Å². The standard InChI is InChI=1S/C26H29IN4O7/c1-3-11-37-20-7-5-19(6-8-20)29-25(33)26(34)30-28-16-18-14-21(27)24(22(15-18)36-4-2)38-17-23(32)31-9-12-35-13-10-31/h3,5-8,14-16H,1,4,9-13,17H2,2H3,(H,29,33)(H,30,34)/b28-16-. The van der Waals surface area contributed by atoms with E-state index in [1.807, 2.05) is 6.92 Å². The van der Waals surface area contributed by atoms with E-state index >= 15 is 0 Å². The maximum Gasteiger partial charge on any atom is 0.329 e. The maximum absolute atomic E-state index is 12.4. The summed E-state index contributed by atoms with van der Waals surface area (Å²) in [6.07, 6.45) is 3.00. The van der Waals surface area contributed by atoms with Crippen LogP contribution in [0, 0.1) is 3.57 Å². The first kappa shape index (κ1) is 28.9. The normalized spacial score (nSPS) is 13.1. The van der Waals surface area contributed by atoms with Crippen LogP contribution in [0.1, 0.15) is 12.5 Å². The van der Waals surface area contributed by atoms with Gasteiger partial charge in [0, 0.05) is 18.8 Å². The summed E-state index contributed by atoms with van der Waals surface area (Å²) < 4.78 is 22.8. The second-order valence-corrected chi connectivity index (χ2v) is 8.98. The Kier molecular flexibility index (Phi) is 11.4. The number of rotatable bonds is 11. The van der Waals surface area contributed by atoms with Gasteiger partial charge in [-0.05, 0) is 71.5 Å². The first-order valence-electron chi connectivity index (χ1n) is 11.8. The molecule has 0 unspecified atom stereocenters. The van der Waals surface area contributed by atoms with Crippen LogP contribution in [0.4, 0.5) is 5.69 Å². The smallest absolute Gasteiger partial charge is 0.329 e. The second-order valence-electron chi connectivity index (χ2n) is 7.82. The van der Waals surface area contributed by atoms with Gasteiger partial charge >= 0.3 is 11.8 Å². The number of ether oxygens (including phenoxy) is 4. The quantitative estimate of drug-likeness (QED) is 0.128. The third kappa shape index (κ3) is 8.73. The van der Waals surface area contributed by atoms with E-state index < -0.39 is 11.8 Å². The molecule has 3 rings (SSSR count). The Balaban J connectivity index is 1.57. The van der Waals surface area contributed by atoms with E-state index in [1.54, 1.807) is 47.4 Å². The molecule has 1 fully saturated rings. The summed E-state index contributed by atoms with van der Waals surface area (Å²) in [7, 11) is 0. The molecule has 202 valence electrons. The van der Waals surface area contributed by atoms with Gasteiger partial charge in [0.15, 0.2) is 18.1 Å². The van der Waals surface area contributed by atoms with Gasteiger partial charge in [0.25, 0.3) is 5.91 Å². The number of benzene rings is 2. The minimum absolute atomic E-state index is 0.126. The van der Waals surface area contributed by atoms with Crippen LogP contribution in [0.15, 0.2) is 54.2 Å². The number of nitrogens with one attached hydrogen (secondary N) is 2. The number of carbonyl (C=O) groups excluding carboxylic acids is 3. The van der Waals surface area contributed by atoms with Gasteiger partial charge in [-0.15, -0.1) is 0 Å². The molecule has 2 aromatic rings. The zero-order valence-corrected chi connectivity index (χ0v) is 23.1. The van der Waals surface area contributed by atoms with Crippen molar-refractivity contribution in [2.45, 2.75) is 6.92 Å². The van der Waals surface area contributed by atoms with Crippen LogP contribution in [0.5, 0.6) is 17.2 Å². The van der Waals surface area contributed by atoms with Crippen LogP contribution in [0.25, 0.3) is 0 Å². The third-order valence-electron chi connectivity index (χ3n) is 5.10. The fraction of sp³-hybridized carbons (Fsp3) is 0.308. The Morgan fingerprint density at radius 2 is 1.84 bits per heavy atom. The molecule has 12 heteroatoms. The lowest BCUT2D eigenvalue weighted by atomic mass is 10.2. The number of halogens is 1. The highest BCUT2D eigenvalue weighted by Gasteiger charge is 2.19. The molecule has 2 N–H and O–H groups in total. The van der Waals surface area contributed by atoms with Crippen molar-refractivity contribution in [3.63, 3.8) is 0 Å². The van der Waals surface area contributed by atoms with Gasteiger partial charge in [-0.1, -0.05) is 12.7 Å². The zero-order valence-electron chi connectivity index (χ0n) is 20.9. The molecule has 1 saturated heterocycles. The Bertz CT molecular complexity index is 1160. The molecule has 2 aromatic carbocycles. The van der Waals surface area contributed by atoms with Gasteiger partial charge in [-0.25, -0.2) is 5.43 Å². The first-order chi connectivity index (χ1) is 18.4. The number of morpholine rings is 1. The van der Waals surface area contributed by atoms with E-state index in [4.69, 9.17) is 18.9 Å². The number of carbonyl (C=O) groups is 3. The van der Waals surface area contributed by atoms with Gasteiger partial charge in [-0.3, -0.25) is 14.4 Å². The van der Waals surface area contributed by atoms with Crippen molar-refractivity contribution < 1.29 is 33.3 Å². The van der Waals surface area contributed by atoms with E-state index in [0.29, 0.717) is 71.6 Å². The molecule has 1 heterocycles. The van der Waals surface area contributed by atoms with Crippen LogP contribution >= 0.6 is 22.6 Å². The Morgan fingerprint density at radius 1 is 1.11 bits per heavy atom. The van der Waals surface area contributed by atoms with Crippen LogP contribution in [-0.4, -0.2) is 75.0 Å². The molecule has 0 bridgehead atoms. The topological polar surface area (TPSA) is 128 Å². The van der Waals surface area contributed by atoms with Crippen molar-refractivity contribution in [1.82, 2.24) is 10.3 Å². The lowest BCUT2D eigenvalue weighted by Gasteiger charge is -2.27. The molecule has 38 heavy (non-hydrogen) atoms. The predicted octanol–water partition coefficient (Wildman–Crippen LogP) is 2.58. The molecular weight excluding hydrogens is 607 g/mol. The van der Waals surface area contributed by atoms with Crippen molar-refractivity contribution in [2.24, 2.45) is 5.10 Å². The Labute approximate surface area is 234 Å². The number of hydrogen-bond donors (Lipinski definition) is 2. The summed E-state index contributed by atoms with van der Waals surface area (Å²) in [4.78, 5) is 38.5. The molecule has 3 amide bonds. The highest BCUT2D eigenvalue weighted by molar-refractivity contribution is 14.1. The Morgan fingerprint density at radius 3 is 2.53 bits per heavy atom. The second kappa shape index (κ2) is 14.9. The van der Waals surface area contributed by atoms with E-state index in [9.17, 15) is 14.4 Å². The summed E-state index contributed by atoms with van der Waals surface area (Å²) in [5.74, 6) is -0.460. The van der Waals surface area contributed by atoms with Crippen molar-refractivity contribution in [2.75, 3.05) is 51.4 Å². The fourth-order valence-electron chi connectivity index (χ4n) is 3.30. The average molecular weight is 636 g/mol. The lowest BCUT2D eigenvalue weighted by molar-refractivity contribution is -0.137. The summed E-state index contributed by atoms with van der Waals surface area (Å²) in [6.45, 7) is 8.12. The molecule has 0 atom stereocenters. The summed E-state index contributed by atoms with van der Waals surface area (Å²) >= 11 is 2.07. The molecule has 0 spiro atoms. The SMILES string of the molecule is C=CCOc1ccc(NC(=O)C(=O)N/N=C\c2cc(I)c(OCC(=O)N3CCOCC3)c(OCC)c2)cc1. The molecule has 0 aliphatic carbocycles. The average Bonchev–Trinajstić information content (AvgIpc) is 2.92. The first-order valence-corrected chi connectivity index (χ1v) is 12.9. The summed E-state index contributed by atoms with van der Waals surface area (Å²) in [5, 5.41) is 6.36. The number of nitrogens with zero attached hydrogens (tertiary/aromatic N) is 2. The van der Waals surface area contributed by atoms with Crippen molar-refractivity contribution in [1.29, 1.82) is 0 Å². The van der Waals surface area contributed by atoms with Crippen molar-refractivity contribution >= 4 is 52.2 Å². The largest absolute Gasteiger partial charge is 0.490 e. The monoisotopic (exact) mass is 636 g/mol. The van der Waals surface area contributed by atoms with Gasteiger partial charge in [0.1, 0.15) is 12.4 Å². The van der Waals surface area contributed by atoms with E-state index in [-0.39, 0.29) is 12.5 Å². The zero-order chi connectivity index (χ0) is 27.3. The lowest BCUT2D eigenvalue weighted by Crippen LogP contribution is -2.43. The van der Waals surface area contributed by atoms with Crippen molar-refractivity contribution in [3.8, 4) is 17.2 Å². The number of hydrogen-bond acceptors (Lipinski definition) is 8. The summed E-state index contributed by atoms with van der Waals surface area (Å²) in [5.41, 5.74) is 3.23. The summed E-state index contributed by atoms with van der Waals surface area (Å²) in [6, 6.07) is 9.98. The molecule has 1 aliphatic heterocycles. The van der Waals surface area contributed by atoms with Crippen LogP contribution < -0.4 is 25.0 Å². The van der Waals surface area contributed by atoms with E-state index in [1.165, 1.54) is 6.21 Å². The highest BCUT2D eigenvalue weighted by atomic mass is 127. The predicted molar refractivity (Wildman–Crippen MR) is 150 cm³/mol. The third-order valence-corrected chi connectivity index (χ3v) is 5.90. The number of anilines is 1. The highest BCUT2D eigenvalue weighted by Crippen LogP contribution is 2.34. The molecule has 0 radical (unpaired) electrons. The number of amides is 3. The van der Waals surface area contributed by atoms with Gasteiger partial charge in [-0.2, -0.15) is 5.10 Å². The Hall–Kier alpha value is -3.65. The van der Waals surface area contributed by atoms with Gasteiger partial charge in [0.05, 0.1) is 29.6 Å². The molecule has 0 aromatic heterocycles. The van der Waals surface area contributed by atoms with Crippen LogP contribution in [0.3, 0.4) is 0 Å². The minimum Gasteiger partial charge on any atom is -0.490 e. The van der Waals surface area contributed by atoms with Gasteiger partial charge < -0.3 is 29.2 Å². The van der Waals surface area contributed by atoms with Crippen molar-refractivity contribution in [3.05, 3.63) is 58.2 Å². The van der Waals surface area contributed by atoms with Crippen LogP contribution in [0.2, 0.25) is 0 Å². The molecule has 0 saturated carbocycles. The van der Waals surface area contributed by atoms with Gasteiger partial charge in [0.2, 0.25) is 0 Å². The molecule has 1 aliphatic rings. The molecular formula is C26H29IN4O7. The number of hydrazone groups is 1.